The summed E-state index contributed by atoms with van der Waals surface area (Å²) in [7, 11) is 2.31. The van der Waals surface area contributed by atoms with Gasteiger partial charge in [0, 0.05) is 65.4 Å². The molecule has 2 radical (unpaired) electrons. The summed E-state index contributed by atoms with van der Waals surface area (Å²) >= 11 is 1.24. The van der Waals surface area contributed by atoms with E-state index in [0.717, 1.165) is 6.54 Å². The molecule has 0 saturated carbocycles. The summed E-state index contributed by atoms with van der Waals surface area (Å²) in [5.41, 5.74) is 0. The molecule has 0 aliphatic rings. The fourth-order valence-electron chi connectivity index (χ4n) is 0.900. The van der Waals surface area contributed by atoms with E-state index in [1.807, 2.05) is 5.32 Å². The van der Waals surface area contributed by atoms with Crippen LogP contribution < -0.4 is 16.0 Å². The minimum Gasteiger partial charge on any atom is -0.480 e. The summed E-state index contributed by atoms with van der Waals surface area (Å²) in [4.78, 5) is 43.9. The van der Waals surface area contributed by atoms with Gasteiger partial charge in [0.2, 0.25) is 11.8 Å². The third-order valence-corrected chi connectivity index (χ3v) is 2.67. The molecule has 21 heavy (non-hydrogen) atoms. The number of amides is 3. The van der Waals surface area contributed by atoms with Crippen LogP contribution in [0.15, 0.2) is 0 Å². The predicted octanol–water partition coefficient (Wildman–Crippen LogP) is -1.51. The summed E-state index contributed by atoms with van der Waals surface area (Å²) in [6, 6.07) is -0.798. The van der Waals surface area contributed by atoms with E-state index in [4.69, 9.17) is 5.11 Å². The van der Waals surface area contributed by atoms with Gasteiger partial charge in [0.1, 0.15) is 18.5 Å². The van der Waals surface area contributed by atoms with E-state index in [0.29, 0.717) is 0 Å². The Hall–Kier alpha value is 0.738. The van der Waals surface area contributed by atoms with Crippen molar-refractivity contribution in [2.45, 2.75) is 13.0 Å². The van der Waals surface area contributed by atoms with Crippen molar-refractivity contribution in [3.63, 3.8) is 0 Å². The van der Waals surface area contributed by atoms with Gasteiger partial charge in [-0.3, -0.25) is 14.4 Å². The van der Waals surface area contributed by atoms with Crippen molar-refractivity contribution in [2.75, 3.05) is 12.3 Å². The second-order valence-corrected chi connectivity index (χ2v) is 4.99. The van der Waals surface area contributed by atoms with Gasteiger partial charge in [0.05, 0.1) is 5.75 Å². The van der Waals surface area contributed by atoms with Crippen LogP contribution in [0.5, 0.6) is 0 Å². The number of hydrogen-bond acceptors (Lipinski definition) is 5. The molecule has 2 atom stereocenters. The molecular formula is C9H15N3O5PSY2-. The summed E-state index contributed by atoms with van der Waals surface area (Å²) in [5, 5.41) is 14.9. The Morgan fingerprint density at radius 3 is 2.33 bits per heavy atom. The molecule has 8 nitrogen and oxygen atoms in total. The van der Waals surface area contributed by atoms with Crippen molar-refractivity contribution in [1.29, 1.82) is 0 Å². The maximum absolute atomic E-state index is 11.5. The van der Waals surface area contributed by atoms with E-state index in [-0.39, 0.29) is 77.1 Å². The SMILES string of the molecule is CC(NC(=O)CSP)C(=O)N[CH-]C(=O)NCC(=O)O.[Y].[Y]. The van der Waals surface area contributed by atoms with E-state index in [2.05, 4.69) is 19.1 Å². The monoisotopic (exact) mass is 486 g/mol. The molecule has 0 rings (SSSR count). The van der Waals surface area contributed by atoms with Crippen LogP contribution in [0.25, 0.3) is 0 Å². The molecule has 0 aliphatic heterocycles. The van der Waals surface area contributed by atoms with E-state index in [1.54, 1.807) is 0 Å². The Morgan fingerprint density at radius 1 is 1.29 bits per heavy atom. The predicted molar refractivity (Wildman–Crippen MR) is 72.9 cm³/mol. The molecule has 3 amide bonds. The molecule has 0 aromatic carbocycles. The molecule has 0 fully saturated rings. The van der Waals surface area contributed by atoms with Crippen molar-refractivity contribution in [1.82, 2.24) is 16.0 Å². The molecule has 0 heterocycles. The summed E-state index contributed by atoms with van der Waals surface area (Å²) < 4.78 is 0. The van der Waals surface area contributed by atoms with Crippen LogP contribution in [0.3, 0.4) is 0 Å². The standard InChI is InChI=1S/C9H15N3O5PS.2Y/c1-5(12-7(14)4-19-18)9(17)11-2-6(13)10-3-8(15)16;;/h2,5H,3-4,18H2,1H3,(H,10,13)(H,11,17)(H,12,14)(H,15,16);;/q-1;;. The summed E-state index contributed by atoms with van der Waals surface area (Å²) in [6.45, 7) is 1.73. The fraction of sp³-hybridized carbons (Fsp3) is 0.444. The first kappa shape index (κ1) is 26.6. The summed E-state index contributed by atoms with van der Waals surface area (Å²) in [5.74, 6) is -2.62. The van der Waals surface area contributed by atoms with Gasteiger partial charge in [-0.05, 0) is 6.92 Å². The van der Waals surface area contributed by atoms with Crippen molar-refractivity contribution in [3.05, 3.63) is 6.54 Å². The van der Waals surface area contributed by atoms with Crippen LogP contribution in [0.1, 0.15) is 6.92 Å². The smallest absolute Gasteiger partial charge is 0.322 e. The average molecular weight is 486 g/mol. The molecule has 4 N–H and O–H groups in total. The molecule has 2 unspecified atom stereocenters. The second-order valence-electron chi connectivity index (χ2n) is 3.36. The van der Waals surface area contributed by atoms with E-state index < -0.39 is 30.4 Å². The number of nitrogens with one attached hydrogen (secondary N) is 3. The molecule has 0 aromatic heterocycles. The van der Waals surface area contributed by atoms with Gasteiger partial charge >= 0.3 is 5.97 Å². The van der Waals surface area contributed by atoms with Gasteiger partial charge in [-0.2, -0.15) is 0 Å². The third-order valence-electron chi connectivity index (χ3n) is 1.74. The molecule has 12 heteroatoms. The van der Waals surface area contributed by atoms with Crippen LogP contribution in [-0.4, -0.2) is 47.1 Å². The Kier molecular flexibility index (Phi) is 19.8. The summed E-state index contributed by atoms with van der Waals surface area (Å²) in [6.07, 6.45) is 0. The van der Waals surface area contributed by atoms with Gasteiger partial charge < -0.3 is 25.9 Å². The van der Waals surface area contributed by atoms with Gasteiger partial charge in [0.25, 0.3) is 0 Å². The topological polar surface area (TPSA) is 125 Å². The first-order valence-electron chi connectivity index (χ1n) is 5.11. The van der Waals surface area contributed by atoms with Gasteiger partial charge in [-0.15, -0.1) is 11.4 Å². The number of rotatable bonds is 8. The number of carbonyl (C=O) groups excluding carboxylic acids is 3. The molecule has 0 spiro atoms. The Balaban J connectivity index is -0.00000162. The average Bonchev–Trinajstić information content (AvgIpc) is 2.33. The van der Waals surface area contributed by atoms with E-state index >= 15 is 0 Å². The minimum atomic E-state index is -1.19. The van der Waals surface area contributed by atoms with E-state index in [9.17, 15) is 19.2 Å². The Morgan fingerprint density at radius 2 is 1.86 bits per heavy atom. The fourth-order valence-corrected chi connectivity index (χ4v) is 1.59. The van der Waals surface area contributed by atoms with Crippen LogP contribution in [-0.2, 0) is 84.6 Å². The Labute approximate surface area is 179 Å². The molecule has 0 aliphatic carbocycles. The zero-order chi connectivity index (χ0) is 14.8. The molecular weight excluding hydrogens is 471 g/mol. The maximum atomic E-state index is 11.5. The van der Waals surface area contributed by atoms with Crippen molar-refractivity contribution in [3.8, 4) is 0 Å². The van der Waals surface area contributed by atoms with Gasteiger partial charge in [-0.1, -0.05) is 8.44 Å². The second kappa shape index (κ2) is 15.6. The molecule has 0 aromatic rings. The van der Waals surface area contributed by atoms with Crippen LogP contribution in [0, 0.1) is 6.54 Å². The van der Waals surface area contributed by atoms with Gasteiger partial charge in [-0.25, -0.2) is 6.54 Å². The third kappa shape index (κ3) is 15.4. The molecule has 0 bridgehead atoms. The van der Waals surface area contributed by atoms with Crippen molar-refractivity contribution >= 4 is 43.5 Å². The van der Waals surface area contributed by atoms with Gasteiger partial charge in [0.15, 0.2) is 0 Å². The van der Waals surface area contributed by atoms with Crippen molar-refractivity contribution in [2.24, 2.45) is 0 Å². The zero-order valence-corrected chi connectivity index (χ0v) is 18.9. The first-order valence-corrected chi connectivity index (χ1v) is 7.57. The van der Waals surface area contributed by atoms with E-state index in [1.165, 1.54) is 18.3 Å². The van der Waals surface area contributed by atoms with Crippen LogP contribution in [0.2, 0.25) is 0 Å². The zero-order valence-electron chi connectivity index (χ0n) is 11.3. The number of carboxylic acids is 1. The number of aliphatic carboxylic acids is 1. The normalized spacial score (nSPS) is 10.0. The first-order chi connectivity index (χ1) is 8.86. The Bertz CT molecular complexity index is 375. The largest absolute Gasteiger partial charge is 0.480 e. The quantitative estimate of drug-likeness (QED) is 0.245. The number of carboxylic acid groups (broad SMARTS) is 1. The number of hydrogen-bond donors (Lipinski definition) is 4. The molecule has 0 saturated heterocycles. The maximum Gasteiger partial charge on any atom is 0.322 e. The number of carbonyl (C=O) groups is 4. The minimum absolute atomic E-state index is 0. The van der Waals surface area contributed by atoms with Crippen LogP contribution in [0.4, 0.5) is 0 Å². The van der Waals surface area contributed by atoms with Crippen LogP contribution >= 0.6 is 19.8 Å². The van der Waals surface area contributed by atoms with Crippen molar-refractivity contribution < 1.29 is 89.7 Å². The molecule has 114 valence electrons.